The standard InChI is InChI=1S/C18H22O5/c1-4-5-6-7-11-21-17-15-13(22-12(2)3)9-8-10-14(15)23-18(20)16(17)19/h5-6,8-10,12,19H,4,7,11H2,1-3H3/b6-5+. The van der Waals surface area contributed by atoms with Crippen molar-refractivity contribution in [2.75, 3.05) is 6.61 Å². The van der Waals surface area contributed by atoms with Crippen LogP contribution in [0.4, 0.5) is 0 Å². The second-order valence-corrected chi connectivity index (χ2v) is 5.38. The molecule has 2 rings (SSSR count). The van der Waals surface area contributed by atoms with E-state index in [1.165, 1.54) is 0 Å². The minimum atomic E-state index is -0.821. The van der Waals surface area contributed by atoms with Crippen molar-refractivity contribution in [1.29, 1.82) is 0 Å². The largest absolute Gasteiger partial charge is 0.499 e. The van der Waals surface area contributed by atoms with Crippen LogP contribution in [0.1, 0.15) is 33.6 Å². The summed E-state index contributed by atoms with van der Waals surface area (Å²) in [4.78, 5) is 11.8. The smallest absolute Gasteiger partial charge is 0.382 e. The van der Waals surface area contributed by atoms with Gasteiger partial charge in [-0.2, -0.15) is 0 Å². The van der Waals surface area contributed by atoms with Gasteiger partial charge in [-0.05, 0) is 38.8 Å². The summed E-state index contributed by atoms with van der Waals surface area (Å²) < 4.78 is 16.5. The third kappa shape index (κ3) is 4.06. The molecule has 1 aromatic heterocycles. The van der Waals surface area contributed by atoms with Crippen LogP contribution in [-0.4, -0.2) is 17.8 Å². The minimum absolute atomic E-state index is 0.0602. The maximum absolute atomic E-state index is 11.8. The van der Waals surface area contributed by atoms with Gasteiger partial charge in [-0.15, -0.1) is 0 Å². The lowest BCUT2D eigenvalue weighted by molar-refractivity contribution is 0.243. The van der Waals surface area contributed by atoms with Gasteiger partial charge in [-0.25, -0.2) is 4.79 Å². The van der Waals surface area contributed by atoms with Crippen LogP contribution in [0.5, 0.6) is 17.2 Å². The Kier molecular flexibility index (Phi) is 5.68. The zero-order valence-electron chi connectivity index (χ0n) is 13.7. The zero-order chi connectivity index (χ0) is 16.8. The van der Waals surface area contributed by atoms with Crippen molar-refractivity contribution in [2.24, 2.45) is 0 Å². The molecule has 1 aromatic carbocycles. The number of fused-ring (bicyclic) bond motifs is 1. The SMILES string of the molecule is CC/C=C/CCOc1c(O)c(=O)oc2cccc(OC(C)C)c12. The Hall–Kier alpha value is -2.43. The van der Waals surface area contributed by atoms with Crippen molar-refractivity contribution in [1.82, 2.24) is 0 Å². The highest BCUT2D eigenvalue weighted by atomic mass is 16.5. The second kappa shape index (κ2) is 7.72. The van der Waals surface area contributed by atoms with Gasteiger partial charge in [0.25, 0.3) is 0 Å². The molecule has 1 N–H and O–H groups in total. The highest BCUT2D eigenvalue weighted by Gasteiger charge is 2.19. The predicted octanol–water partition coefficient (Wildman–Crippen LogP) is 4.02. The summed E-state index contributed by atoms with van der Waals surface area (Å²) in [5, 5.41) is 10.5. The van der Waals surface area contributed by atoms with E-state index in [1.807, 2.05) is 26.0 Å². The van der Waals surface area contributed by atoms with E-state index in [9.17, 15) is 9.90 Å². The molecule has 5 heteroatoms. The Bertz CT molecular complexity index is 743. The molecule has 0 aliphatic rings. The van der Waals surface area contributed by atoms with E-state index in [2.05, 4.69) is 6.92 Å². The van der Waals surface area contributed by atoms with Gasteiger partial charge in [0, 0.05) is 0 Å². The molecule has 0 aliphatic heterocycles. The fourth-order valence-electron chi connectivity index (χ4n) is 2.19. The average Bonchev–Trinajstić information content (AvgIpc) is 2.50. The van der Waals surface area contributed by atoms with Gasteiger partial charge >= 0.3 is 5.63 Å². The topological polar surface area (TPSA) is 68.9 Å². The normalized spacial score (nSPS) is 11.5. The summed E-state index contributed by atoms with van der Waals surface area (Å²) in [5.74, 6) is 0.0878. The molecule has 2 aromatic rings. The number of allylic oxidation sites excluding steroid dienone is 1. The fourth-order valence-corrected chi connectivity index (χ4v) is 2.19. The first-order valence-electron chi connectivity index (χ1n) is 7.77. The first kappa shape index (κ1) is 16.9. The lowest BCUT2D eigenvalue weighted by atomic mass is 10.2. The van der Waals surface area contributed by atoms with E-state index in [1.54, 1.807) is 18.2 Å². The van der Waals surface area contributed by atoms with E-state index in [0.29, 0.717) is 29.7 Å². The Morgan fingerprint density at radius 3 is 2.78 bits per heavy atom. The van der Waals surface area contributed by atoms with Crippen LogP contribution in [0.25, 0.3) is 11.0 Å². The summed E-state index contributed by atoms with van der Waals surface area (Å²) >= 11 is 0. The molecule has 0 atom stereocenters. The summed E-state index contributed by atoms with van der Waals surface area (Å²) in [5.41, 5.74) is -0.497. The molecule has 0 saturated heterocycles. The quantitative estimate of drug-likeness (QED) is 0.474. The number of hydrogen-bond acceptors (Lipinski definition) is 5. The van der Waals surface area contributed by atoms with Crippen molar-refractivity contribution in [3.63, 3.8) is 0 Å². The van der Waals surface area contributed by atoms with Gasteiger partial charge in [-0.3, -0.25) is 0 Å². The Morgan fingerprint density at radius 2 is 2.09 bits per heavy atom. The minimum Gasteiger partial charge on any atom is -0.499 e. The lowest BCUT2D eigenvalue weighted by Crippen LogP contribution is -2.08. The van der Waals surface area contributed by atoms with Crippen LogP contribution in [0.2, 0.25) is 0 Å². The van der Waals surface area contributed by atoms with Crippen LogP contribution in [0, 0.1) is 0 Å². The molecule has 0 saturated carbocycles. The molecule has 0 fully saturated rings. The highest BCUT2D eigenvalue weighted by molar-refractivity contribution is 5.91. The molecule has 0 bridgehead atoms. The number of rotatable bonds is 7. The van der Waals surface area contributed by atoms with Crippen LogP contribution in [0.3, 0.4) is 0 Å². The van der Waals surface area contributed by atoms with Crippen molar-refractivity contribution in [2.45, 2.75) is 39.7 Å². The maximum atomic E-state index is 11.8. The Morgan fingerprint density at radius 1 is 1.30 bits per heavy atom. The highest BCUT2D eigenvalue weighted by Crippen LogP contribution is 2.38. The summed E-state index contributed by atoms with van der Waals surface area (Å²) in [6.07, 6.45) is 5.61. The third-order valence-corrected chi connectivity index (χ3v) is 3.12. The summed E-state index contributed by atoms with van der Waals surface area (Å²) in [6, 6.07) is 5.13. The molecule has 0 radical (unpaired) electrons. The zero-order valence-corrected chi connectivity index (χ0v) is 13.7. The van der Waals surface area contributed by atoms with Crippen molar-refractivity contribution in [3.8, 4) is 17.2 Å². The predicted molar refractivity (Wildman–Crippen MR) is 89.5 cm³/mol. The first-order valence-corrected chi connectivity index (χ1v) is 7.77. The lowest BCUT2D eigenvalue weighted by Gasteiger charge is -2.15. The Labute approximate surface area is 135 Å². The maximum Gasteiger partial charge on any atom is 0.382 e. The number of hydrogen-bond donors (Lipinski definition) is 1. The average molecular weight is 318 g/mol. The molecule has 1 heterocycles. The molecule has 5 nitrogen and oxygen atoms in total. The first-order chi connectivity index (χ1) is 11.0. The molecule has 0 spiro atoms. The van der Waals surface area contributed by atoms with Crippen molar-refractivity contribution >= 4 is 11.0 Å². The van der Waals surface area contributed by atoms with Gasteiger partial charge in [0.2, 0.25) is 5.75 Å². The molecular weight excluding hydrogens is 296 g/mol. The van der Waals surface area contributed by atoms with E-state index in [4.69, 9.17) is 13.9 Å². The molecule has 23 heavy (non-hydrogen) atoms. The van der Waals surface area contributed by atoms with Crippen LogP contribution in [-0.2, 0) is 0 Å². The van der Waals surface area contributed by atoms with Crippen LogP contribution >= 0.6 is 0 Å². The summed E-state index contributed by atoms with van der Waals surface area (Å²) in [6.45, 7) is 6.19. The third-order valence-electron chi connectivity index (χ3n) is 3.12. The van der Waals surface area contributed by atoms with Gasteiger partial charge in [0.05, 0.1) is 12.7 Å². The molecule has 0 aliphatic carbocycles. The van der Waals surface area contributed by atoms with Crippen LogP contribution in [0.15, 0.2) is 39.6 Å². The van der Waals surface area contributed by atoms with E-state index in [-0.39, 0.29) is 11.9 Å². The molecule has 0 amide bonds. The van der Waals surface area contributed by atoms with E-state index in [0.717, 1.165) is 6.42 Å². The van der Waals surface area contributed by atoms with Crippen molar-refractivity contribution in [3.05, 3.63) is 40.8 Å². The van der Waals surface area contributed by atoms with E-state index < -0.39 is 11.4 Å². The van der Waals surface area contributed by atoms with Gasteiger partial charge in [-0.1, -0.05) is 25.1 Å². The molecule has 0 unspecified atom stereocenters. The van der Waals surface area contributed by atoms with E-state index >= 15 is 0 Å². The Balaban J connectivity index is 2.44. The number of benzene rings is 1. The second-order valence-electron chi connectivity index (χ2n) is 5.38. The number of ether oxygens (including phenoxy) is 2. The fraction of sp³-hybridized carbons (Fsp3) is 0.389. The molecular formula is C18H22O5. The van der Waals surface area contributed by atoms with Crippen molar-refractivity contribution < 1.29 is 19.0 Å². The van der Waals surface area contributed by atoms with Gasteiger partial charge < -0.3 is 19.0 Å². The monoisotopic (exact) mass is 318 g/mol. The van der Waals surface area contributed by atoms with Gasteiger partial charge in [0.15, 0.2) is 5.75 Å². The summed E-state index contributed by atoms with van der Waals surface area (Å²) in [7, 11) is 0. The number of aromatic hydroxyl groups is 1. The molecule has 124 valence electrons. The van der Waals surface area contributed by atoms with Crippen LogP contribution < -0.4 is 15.1 Å². The van der Waals surface area contributed by atoms with Gasteiger partial charge in [0.1, 0.15) is 16.7 Å².